The Morgan fingerprint density at radius 3 is 2.23 bits per heavy atom. The predicted octanol–water partition coefficient (Wildman–Crippen LogP) is 4.18. The van der Waals surface area contributed by atoms with E-state index in [0.717, 1.165) is 11.3 Å². The van der Waals surface area contributed by atoms with Crippen LogP contribution in [-0.2, 0) is 19.5 Å². The molecule has 0 aliphatic carbocycles. The Labute approximate surface area is 234 Å². The van der Waals surface area contributed by atoms with E-state index in [-0.39, 0.29) is 50.4 Å². The summed E-state index contributed by atoms with van der Waals surface area (Å²) in [4.78, 5) is 50.4. The van der Waals surface area contributed by atoms with Crippen LogP contribution in [0.1, 0.15) is 49.8 Å². The molecule has 2 aromatic carbocycles. The van der Waals surface area contributed by atoms with Crippen molar-refractivity contribution in [3.05, 3.63) is 70.1 Å². The van der Waals surface area contributed by atoms with Crippen molar-refractivity contribution in [1.82, 2.24) is 5.32 Å². The fourth-order valence-electron chi connectivity index (χ4n) is 3.46. The summed E-state index contributed by atoms with van der Waals surface area (Å²) < 4.78 is 42.9. The number of ether oxygens (including phenoxy) is 3. The third-order valence-electron chi connectivity index (χ3n) is 5.30. The minimum absolute atomic E-state index is 0.0130. The highest BCUT2D eigenvalue weighted by atomic mass is 32.2. The minimum Gasteiger partial charge on any atom is -0.497 e. The molecule has 14 heteroatoms. The Morgan fingerprint density at radius 2 is 1.60 bits per heavy atom. The molecule has 212 valence electrons. The van der Waals surface area contributed by atoms with Crippen LogP contribution in [-0.4, -0.2) is 52.6 Å². The van der Waals surface area contributed by atoms with Gasteiger partial charge >= 0.3 is 12.1 Å². The van der Waals surface area contributed by atoms with Gasteiger partial charge in [-0.25, -0.2) is 18.0 Å². The van der Waals surface area contributed by atoms with Crippen molar-refractivity contribution < 1.29 is 41.8 Å². The molecule has 0 fully saturated rings. The highest BCUT2D eigenvalue weighted by molar-refractivity contribution is 7.92. The molecule has 0 spiro atoms. The second-order valence-electron chi connectivity index (χ2n) is 7.97. The van der Waals surface area contributed by atoms with Crippen molar-refractivity contribution in [2.45, 2.75) is 25.7 Å². The molecule has 0 bridgehead atoms. The molecule has 40 heavy (non-hydrogen) atoms. The van der Waals surface area contributed by atoms with Crippen LogP contribution in [0.3, 0.4) is 0 Å². The van der Waals surface area contributed by atoms with Crippen LogP contribution in [0.15, 0.2) is 53.4 Å². The van der Waals surface area contributed by atoms with Crippen molar-refractivity contribution >= 4 is 55.9 Å². The maximum atomic E-state index is 13.2. The molecule has 3 amide bonds. The van der Waals surface area contributed by atoms with E-state index in [2.05, 4.69) is 15.4 Å². The van der Waals surface area contributed by atoms with Crippen LogP contribution in [0.5, 0.6) is 5.75 Å². The van der Waals surface area contributed by atoms with Gasteiger partial charge in [0.25, 0.3) is 21.8 Å². The lowest BCUT2D eigenvalue weighted by Gasteiger charge is -2.11. The van der Waals surface area contributed by atoms with E-state index in [1.165, 1.54) is 62.6 Å². The third-order valence-corrected chi connectivity index (χ3v) is 7.88. The number of rotatable bonds is 10. The normalized spacial score (nSPS) is 10.8. The number of sulfonamides is 1. The van der Waals surface area contributed by atoms with Gasteiger partial charge in [0.05, 0.1) is 30.8 Å². The number of methoxy groups -OCH3 is 1. The van der Waals surface area contributed by atoms with Gasteiger partial charge in [-0.05, 0) is 68.8 Å². The smallest absolute Gasteiger partial charge is 0.414 e. The van der Waals surface area contributed by atoms with E-state index >= 15 is 0 Å². The molecular formula is C26H27N3O9S2. The van der Waals surface area contributed by atoms with E-state index < -0.39 is 33.9 Å². The van der Waals surface area contributed by atoms with Crippen LogP contribution < -0.4 is 20.1 Å². The average molecular weight is 590 g/mol. The van der Waals surface area contributed by atoms with Crippen molar-refractivity contribution in [3.8, 4) is 5.75 Å². The van der Waals surface area contributed by atoms with Gasteiger partial charge in [-0.2, -0.15) is 0 Å². The third kappa shape index (κ3) is 7.15. The number of thiophene rings is 1. The highest BCUT2D eigenvalue weighted by Gasteiger charge is 2.28. The first-order valence-corrected chi connectivity index (χ1v) is 14.2. The Hall–Kier alpha value is -4.43. The number of hydrogen-bond acceptors (Lipinski definition) is 10. The molecule has 1 heterocycles. The standard InChI is InChI=1S/C26H27N3O9S2/c1-5-37-25(32)21-15(3)20(23(31)28-26(33)38-6-2)24(39-21)27-22(30)16-8-7-9-17(14-16)29-40(34,35)19-12-10-18(36-4)11-13-19/h7-14,29H,5-6H2,1-4H3,(H,27,30)(H,28,31,33). The first kappa shape index (κ1) is 30.1. The number of carbonyl (C=O) groups excluding carboxylic acids is 4. The maximum absolute atomic E-state index is 13.2. The number of benzene rings is 2. The summed E-state index contributed by atoms with van der Waals surface area (Å²) in [6, 6.07) is 11.4. The number of amides is 3. The van der Waals surface area contributed by atoms with Gasteiger partial charge in [0.1, 0.15) is 15.6 Å². The lowest BCUT2D eigenvalue weighted by Crippen LogP contribution is -2.32. The summed E-state index contributed by atoms with van der Waals surface area (Å²) in [5.74, 6) is -1.81. The zero-order valence-corrected chi connectivity index (χ0v) is 23.7. The van der Waals surface area contributed by atoms with Crippen LogP contribution in [0.4, 0.5) is 15.5 Å². The highest BCUT2D eigenvalue weighted by Crippen LogP contribution is 2.34. The molecule has 3 N–H and O–H groups in total. The quantitative estimate of drug-likeness (QED) is 0.294. The SMILES string of the molecule is CCOC(=O)NC(=O)c1c(NC(=O)c2cccc(NS(=O)(=O)c3ccc(OC)cc3)c2)sc(C(=O)OCC)c1C. The Balaban J connectivity index is 1.89. The minimum atomic E-state index is -3.97. The van der Waals surface area contributed by atoms with Crippen molar-refractivity contribution in [2.24, 2.45) is 0 Å². The molecule has 3 aromatic rings. The number of carbonyl (C=O) groups is 4. The van der Waals surface area contributed by atoms with Gasteiger partial charge in [-0.1, -0.05) is 6.07 Å². The van der Waals surface area contributed by atoms with Gasteiger partial charge in [0, 0.05) is 11.3 Å². The van der Waals surface area contributed by atoms with Gasteiger partial charge < -0.3 is 19.5 Å². The Morgan fingerprint density at radius 1 is 0.925 bits per heavy atom. The number of esters is 1. The van der Waals surface area contributed by atoms with Gasteiger partial charge in [-0.15, -0.1) is 11.3 Å². The number of nitrogens with one attached hydrogen (secondary N) is 3. The fraction of sp³-hybridized carbons (Fsp3) is 0.231. The Kier molecular flexibility index (Phi) is 9.85. The first-order chi connectivity index (χ1) is 19.0. The predicted molar refractivity (Wildman–Crippen MR) is 148 cm³/mol. The fourth-order valence-corrected chi connectivity index (χ4v) is 5.60. The van der Waals surface area contributed by atoms with E-state index in [0.29, 0.717) is 5.75 Å². The van der Waals surface area contributed by atoms with Crippen LogP contribution >= 0.6 is 11.3 Å². The zero-order valence-electron chi connectivity index (χ0n) is 22.0. The second kappa shape index (κ2) is 13.1. The van der Waals surface area contributed by atoms with Gasteiger partial charge in [0.2, 0.25) is 0 Å². The van der Waals surface area contributed by atoms with E-state index in [9.17, 15) is 27.6 Å². The Bertz CT molecular complexity index is 1530. The average Bonchev–Trinajstić information content (AvgIpc) is 3.24. The number of anilines is 2. The number of alkyl carbamates (subject to hydrolysis) is 1. The lowest BCUT2D eigenvalue weighted by atomic mass is 10.1. The largest absolute Gasteiger partial charge is 0.497 e. The molecule has 0 aliphatic heterocycles. The zero-order chi connectivity index (χ0) is 29.4. The molecule has 1 aromatic heterocycles. The summed E-state index contributed by atoms with van der Waals surface area (Å²) in [5.41, 5.74) is 0.237. The molecule has 0 atom stereocenters. The number of imide groups is 1. The maximum Gasteiger partial charge on any atom is 0.414 e. The second-order valence-corrected chi connectivity index (χ2v) is 10.7. The van der Waals surface area contributed by atoms with Gasteiger partial charge in [-0.3, -0.25) is 19.6 Å². The van der Waals surface area contributed by atoms with Gasteiger partial charge in [0.15, 0.2) is 0 Å². The van der Waals surface area contributed by atoms with E-state index in [4.69, 9.17) is 14.2 Å². The molecule has 0 saturated carbocycles. The summed E-state index contributed by atoms with van der Waals surface area (Å²) >= 11 is 0.799. The first-order valence-electron chi connectivity index (χ1n) is 11.9. The van der Waals surface area contributed by atoms with Crippen LogP contribution in [0.2, 0.25) is 0 Å². The monoisotopic (exact) mass is 589 g/mol. The van der Waals surface area contributed by atoms with Crippen LogP contribution in [0.25, 0.3) is 0 Å². The molecule has 0 aliphatic rings. The van der Waals surface area contributed by atoms with Crippen molar-refractivity contribution in [1.29, 1.82) is 0 Å². The van der Waals surface area contributed by atoms with Crippen molar-refractivity contribution in [2.75, 3.05) is 30.4 Å². The topological polar surface area (TPSA) is 166 Å². The molecule has 12 nitrogen and oxygen atoms in total. The molecule has 0 saturated heterocycles. The summed E-state index contributed by atoms with van der Waals surface area (Å²) in [6.45, 7) is 4.77. The van der Waals surface area contributed by atoms with E-state index in [1.807, 2.05) is 0 Å². The molecule has 3 rings (SSSR count). The van der Waals surface area contributed by atoms with Crippen molar-refractivity contribution in [3.63, 3.8) is 0 Å². The van der Waals surface area contributed by atoms with E-state index in [1.54, 1.807) is 13.8 Å². The molecule has 0 unspecified atom stereocenters. The molecule has 0 radical (unpaired) electrons. The summed E-state index contributed by atoms with van der Waals surface area (Å²) in [5, 5.41) is 4.61. The lowest BCUT2D eigenvalue weighted by molar-refractivity contribution is 0.0531. The summed E-state index contributed by atoms with van der Waals surface area (Å²) in [7, 11) is -2.51. The molecular weight excluding hydrogens is 562 g/mol. The number of hydrogen-bond donors (Lipinski definition) is 3. The summed E-state index contributed by atoms with van der Waals surface area (Å²) in [6.07, 6.45) is -0.995. The van der Waals surface area contributed by atoms with Crippen LogP contribution in [0, 0.1) is 6.92 Å².